The number of nitrogens with two attached hydrogens (primary N) is 1. The first-order valence-electron chi connectivity index (χ1n) is 13.2. The van der Waals surface area contributed by atoms with E-state index in [1.54, 1.807) is 25.3 Å². The minimum absolute atomic E-state index is 0.222. The largest absolute Gasteiger partial charge is 0.444 e. The average Bonchev–Trinajstić information content (AvgIpc) is 3.49. The SMILES string of the molecule is CC(C)(C)OC(=O)NCC[C@@H]1CC(F)(F)CC1C[C@H]1O[C@@H](c2ccc3c(N)ncnn23)[C@@H]2OC(C)(C)O[C@@H]21. The number of fused-ring (bicyclic) bond motifs is 2. The number of carbonyl (C=O) groups is 1. The molecule has 4 heterocycles. The lowest BCUT2D eigenvalue weighted by molar-refractivity contribution is -0.190. The molecule has 210 valence electrons. The van der Waals surface area contributed by atoms with Crippen LogP contribution in [0.5, 0.6) is 0 Å². The summed E-state index contributed by atoms with van der Waals surface area (Å²) in [4.78, 5) is 16.1. The zero-order valence-corrected chi connectivity index (χ0v) is 22.4. The Bertz CT molecular complexity index is 1180. The van der Waals surface area contributed by atoms with Crippen molar-refractivity contribution in [2.75, 3.05) is 12.3 Å². The molecule has 1 amide bonds. The van der Waals surface area contributed by atoms with Crippen LogP contribution in [-0.4, -0.2) is 62.9 Å². The Morgan fingerprint density at radius 3 is 2.66 bits per heavy atom. The van der Waals surface area contributed by atoms with Gasteiger partial charge in [0.25, 0.3) is 0 Å². The first kappa shape index (κ1) is 27.0. The summed E-state index contributed by atoms with van der Waals surface area (Å²) in [6.07, 6.45) is -0.624. The molecule has 0 bridgehead atoms. The van der Waals surface area contributed by atoms with E-state index in [-0.39, 0.29) is 31.2 Å². The van der Waals surface area contributed by atoms with E-state index in [1.165, 1.54) is 6.33 Å². The average molecular weight is 538 g/mol. The minimum atomic E-state index is -2.77. The molecule has 1 aliphatic carbocycles. The molecular weight excluding hydrogens is 500 g/mol. The van der Waals surface area contributed by atoms with E-state index in [4.69, 9.17) is 24.7 Å². The van der Waals surface area contributed by atoms with Crippen molar-refractivity contribution < 1.29 is 32.5 Å². The van der Waals surface area contributed by atoms with Gasteiger partial charge in [0.1, 0.15) is 35.8 Å². The standard InChI is InChI=1S/C26H37F2N5O5/c1-24(2,3)38-23(34)30-9-8-14-11-26(27,28)12-15(14)10-18-20-21(37-25(4,5)36-20)19(35-18)16-6-7-17-22(29)31-13-32-33(16)17/h6-7,13-15,18-21H,8-12H2,1-5H3,(H,30,34)(H2,29,31,32)/t14-,15?,18-,19+,20-,21+/m1/s1. The third kappa shape index (κ3) is 5.57. The second-order valence-electron chi connectivity index (χ2n) is 12.1. The molecule has 2 aliphatic heterocycles. The molecule has 0 aromatic carbocycles. The molecule has 38 heavy (non-hydrogen) atoms. The number of halogens is 2. The highest BCUT2D eigenvalue weighted by molar-refractivity contribution is 5.67. The van der Waals surface area contributed by atoms with Gasteiger partial charge >= 0.3 is 6.09 Å². The fourth-order valence-corrected chi connectivity index (χ4v) is 6.07. The van der Waals surface area contributed by atoms with Crippen molar-refractivity contribution in [3.8, 4) is 0 Å². The minimum Gasteiger partial charge on any atom is -0.444 e. The van der Waals surface area contributed by atoms with Gasteiger partial charge in [0.05, 0.1) is 11.8 Å². The molecule has 10 nitrogen and oxygen atoms in total. The summed E-state index contributed by atoms with van der Waals surface area (Å²) in [6.45, 7) is 9.26. The van der Waals surface area contributed by atoms with E-state index in [9.17, 15) is 13.6 Å². The van der Waals surface area contributed by atoms with E-state index in [2.05, 4.69) is 15.4 Å². The van der Waals surface area contributed by atoms with Crippen LogP contribution < -0.4 is 11.1 Å². The predicted octanol–water partition coefficient (Wildman–Crippen LogP) is 4.24. The summed E-state index contributed by atoms with van der Waals surface area (Å²) in [7, 11) is 0. The number of aromatic nitrogens is 3. The Kier molecular flexibility index (Phi) is 6.80. The molecule has 2 aromatic rings. The molecule has 5 rings (SSSR count). The van der Waals surface area contributed by atoms with Crippen LogP contribution in [0.1, 0.15) is 72.1 Å². The van der Waals surface area contributed by atoms with Crippen molar-refractivity contribution in [2.24, 2.45) is 11.8 Å². The molecule has 6 atom stereocenters. The topological polar surface area (TPSA) is 122 Å². The lowest BCUT2D eigenvalue weighted by atomic mass is 9.86. The maximum Gasteiger partial charge on any atom is 0.407 e. The van der Waals surface area contributed by atoms with Crippen molar-refractivity contribution in [1.29, 1.82) is 0 Å². The maximum atomic E-state index is 14.6. The quantitative estimate of drug-likeness (QED) is 0.561. The molecule has 2 aromatic heterocycles. The van der Waals surface area contributed by atoms with Gasteiger partial charge in [0.15, 0.2) is 11.6 Å². The van der Waals surface area contributed by atoms with Gasteiger partial charge < -0.3 is 30.0 Å². The number of alkyl halides is 2. The Hall–Kier alpha value is -2.57. The zero-order chi connectivity index (χ0) is 27.5. The van der Waals surface area contributed by atoms with Crippen molar-refractivity contribution >= 4 is 17.4 Å². The van der Waals surface area contributed by atoms with Crippen LogP contribution in [0.4, 0.5) is 19.4 Å². The highest BCUT2D eigenvalue weighted by Gasteiger charge is 2.57. The van der Waals surface area contributed by atoms with Crippen LogP contribution in [0.25, 0.3) is 5.52 Å². The summed E-state index contributed by atoms with van der Waals surface area (Å²) in [5, 5.41) is 7.03. The van der Waals surface area contributed by atoms with Crippen LogP contribution in [0.3, 0.4) is 0 Å². The normalized spacial score (nSPS) is 32.0. The molecule has 1 saturated carbocycles. The lowest BCUT2D eigenvalue weighted by Crippen LogP contribution is -2.34. The molecule has 12 heteroatoms. The van der Waals surface area contributed by atoms with E-state index < -0.39 is 47.8 Å². The van der Waals surface area contributed by atoms with Crippen LogP contribution in [0.2, 0.25) is 0 Å². The number of ether oxygens (including phenoxy) is 4. The smallest absolute Gasteiger partial charge is 0.407 e. The molecule has 3 N–H and O–H groups in total. The number of nitrogens with one attached hydrogen (secondary N) is 1. The summed E-state index contributed by atoms with van der Waals surface area (Å²) in [5.74, 6) is -3.84. The fraction of sp³-hybridized carbons (Fsp3) is 0.731. The Labute approximate surface area is 220 Å². The second kappa shape index (κ2) is 9.56. The number of carbonyl (C=O) groups excluding carboxylic acids is 1. The van der Waals surface area contributed by atoms with E-state index in [0.29, 0.717) is 24.2 Å². The highest BCUT2D eigenvalue weighted by atomic mass is 19.3. The molecule has 0 radical (unpaired) electrons. The monoisotopic (exact) mass is 537 g/mol. The van der Waals surface area contributed by atoms with Crippen molar-refractivity contribution in [3.05, 3.63) is 24.2 Å². The van der Waals surface area contributed by atoms with Crippen LogP contribution in [0.15, 0.2) is 18.5 Å². The van der Waals surface area contributed by atoms with E-state index >= 15 is 0 Å². The van der Waals surface area contributed by atoms with Crippen LogP contribution >= 0.6 is 0 Å². The highest BCUT2D eigenvalue weighted by Crippen LogP contribution is 2.51. The Morgan fingerprint density at radius 1 is 1.21 bits per heavy atom. The number of amides is 1. The van der Waals surface area contributed by atoms with Crippen molar-refractivity contribution in [2.45, 2.75) is 102 Å². The lowest BCUT2D eigenvalue weighted by Gasteiger charge is -2.27. The van der Waals surface area contributed by atoms with Gasteiger partial charge in [-0.2, -0.15) is 5.10 Å². The van der Waals surface area contributed by atoms with Gasteiger partial charge in [-0.1, -0.05) is 0 Å². The predicted molar refractivity (Wildman–Crippen MR) is 133 cm³/mol. The molecule has 0 spiro atoms. The van der Waals surface area contributed by atoms with E-state index in [1.807, 2.05) is 26.0 Å². The van der Waals surface area contributed by atoms with Gasteiger partial charge in [0.2, 0.25) is 5.92 Å². The third-order valence-corrected chi connectivity index (χ3v) is 7.46. The summed E-state index contributed by atoms with van der Waals surface area (Å²) in [5.41, 5.74) is 6.77. The van der Waals surface area contributed by atoms with Crippen molar-refractivity contribution in [3.63, 3.8) is 0 Å². The molecule has 2 saturated heterocycles. The van der Waals surface area contributed by atoms with Gasteiger partial charge in [-0.3, -0.25) is 0 Å². The number of nitrogens with zero attached hydrogens (tertiary/aromatic N) is 3. The van der Waals surface area contributed by atoms with Crippen LogP contribution in [-0.2, 0) is 18.9 Å². The number of nitrogen functional groups attached to an aromatic ring is 1. The van der Waals surface area contributed by atoms with E-state index in [0.717, 1.165) is 5.69 Å². The van der Waals surface area contributed by atoms with Crippen molar-refractivity contribution in [1.82, 2.24) is 19.9 Å². The first-order chi connectivity index (χ1) is 17.7. The zero-order valence-electron chi connectivity index (χ0n) is 22.4. The summed E-state index contributed by atoms with van der Waals surface area (Å²) < 4.78 is 55.1. The number of anilines is 1. The van der Waals surface area contributed by atoms with Crippen LogP contribution in [0, 0.1) is 11.8 Å². The number of hydrogen-bond donors (Lipinski definition) is 2. The number of alkyl carbamates (subject to hydrolysis) is 1. The second-order valence-corrected chi connectivity index (χ2v) is 12.1. The number of rotatable bonds is 6. The maximum absolute atomic E-state index is 14.6. The molecule has 3 aliphatic rings. The van der Waals surface area contributed by atoms with Gasteiger partial charge in [-0.15, -0.1) is 0 Å². The molecule has 1 unspecified atom stereocenters. The van der Waals surface area contributed by atoms with Gasteiger partial charge in [0, 0.05) is 19.4 Å². The Morgan fingerprint density at radius 2 is 1.92 bits per heavy atom. The Balaban J connectivity index is 1.31. The summed E-state index contributed by atoms with van der Waals surface area (Å²) in [6, 6.07) is 3.69. The van der Waals surface area contributed by atoms with Gasteiger partial charge in [-0.25, -0.2) is 23.1 Å². The summed E-state index contributed by atoms with van der Waals surface area (Å²) >= 11 is 0. The van der Waals surface area contributed by atoms with Gasteiger partial charge in [-0.05, 0) is 71.4 Å². The fourth-order valence-electron chi connectivity index (χ4n) is 6.07. The number of hydrogen-bond acceptors (Lipinski definition) is 8. The third-order valence-electron chi connectivity index (χ3n) is 7.46. The molecule has 3 fully saturated rings. The first-order valence-corrected chi connectivity index (χ1v) is 13.2. The molecular formula is C26H37F2N5O5.